The van der Waals surface area contributed by atoms with Crippen molar-refractivity contribution in [1.82, 2.24) is 9.97 Å². The van der Waals surface area contributed by atoms with E-state index in [0.717, 1.165) is 12.8 Å². The van der Waals surface area contributed by atoms with Gasteiger partial charge in [0.2, 0.25) is 17.6 Å². The Labute approximate surface area is 125 Å². The minimum Gasteiger partial charge on any atom is -0.480 e. The van der Waals surface area contributed by atoms with Crippen LogP contribution in [0.2, 0.25) is 0 Å². The topological polar surface area (TPSA) is 166 Å². The number of aromatic nitrogens is 2. The minimum absolute atomic E-state index is 0.0498. The number of rotatable bonds is 7. The normalized spacial score (nSPS) is 17.2. The van der Waals surface area contributed by atoms with E-state index in [1.54, 1.807) is 0 Å². The lowest BCUT2D eigenvalue weighted by Gasteiger charge is -2.13. The van der Waals surface area contributed by atoms with Gasteiger partial charge in [0.25, 0.3) is 0 Å². The molecular formula is C11H16N6O5. The largest absolute Gasteiger partial charge is 0.480 e. The van der Waals surface area contributed by atoms with E-state index in [1.807, 2.05) is 0 Å². The second-order valence-corrected chi connectivity index (χ2v) is 4.65. The highest BCUT2D eigenvalue weighted by Crippen LogP contribution is 2.29. The van der Waals surface area contributed by atoms with Crippen LogP contribution in [0.4, 0.5) is 23.3 Å². The van der Waals surface area contributed by atoms with Crippen LogP contribution < -0.4 is 16.4 Å². The summed E-state index contributed by atoms with van der Waals surface area (Å²) in [4.78, 5) is 28.5. The van der Waals surface area contributed by atoms with Crippen molar-refractivity contribution in [1.29, 1.82) is 0 Å². The van der Waals surface area contributed by atoms with E-state index in [1.165, 1.54) is 0 Å². The second kappa shape index (κ2) is 6.85. The Balaban J connectivity index is 2.18. The Morgan fingerprint density at radius 3 is 2.86 bits per heavy atom. The zero-order valence-electron chi connectivity index (χ0n) is 11.6. The minimum atomic E-state index is -1.12. The summed E-state index contributed by atoms with van der Waals surface area (Å²) in [6, 6.07) is 0. The molecule has 1 fully saturated rings. The maximum absolute atomic E-state index is 11.1. The maximum Gasteiger partial charge on any atom is 0.353 e. The van der Waals surface area contributed by atoms with Crippen molar-refractivity contribution in [3.63, 3.8) is 0 Å². The highest BCUT2D eigenvalue weighted by Gasteiger charge is 2.24. The highest BCUT2D eigenvalue weighted by molar-refractivity contribution is 5.73. The maximum atomic E-state index is 11.1. The number of carboxylic acids is 1. The quantitative estimate of drug-likeness (QED) is 0.399. The Kier molecular flexibility index (Phi) is 4.88. The van der Waals surface area contributed by atoms with Crippen LogP contribution in [-0.2, 0) is 9.53 Å². The third-order valence-electron chi connectivity index (χ3n) is 3.01. The Morgan fingerprint density at radius 2 is 2.27 bits per heavy atom. The van der Waals surface area contributed by atoms with Gasteiger partial charge in [-0.15, -0.1) is 0 Å². The van der Waals surface area contributed by atoms with Gasteiger partial charge < -0.3 is 26.2 Å². The van der Waals surface area contributed by atoms with E-state index in [0.29, 0.717) is 13.2 Å². The first kappa shape index (κ1) is 15.7. The van der Waals surface area contributed by atoms with E-state index in [4.69, 9.17) is 15.6 Å². The molecule has 0 aromatic carbocycles. The van der Waals surface area contributed by atoms with E-state index in [9.17, 15) is 14.9 Å². The third kappa shape index (κ3) is 3.91. The van der Waals surface area contributed by atoms with Gasteiger partial charge in [0.05, 0.1) is 11.0 Å². The van der Waals surface area contributed by atoms with E-state index < -0.39 is 23.1 Å². The number of nitrogens with one attached hydrogen (secondary N) is 2. The molecule has 0 radical (unpaired) electrons. The van der Waals surface area contributed by atoms with Crippen molar-refractivity contribution in [2.75, 3.05) is 36.1 Å². The molecule has 11 nitrogen and oxygen atoms in total. The third-order valence-corrected chi connectivity index (χ3v) is 3.01. The van der Waals surface area contributed by atoms with Crippen LogP contribution in [0.15, 0.2) is 0 Å². The first-order valence-electron chi connectivity index (χ1n) is 6.60. The van der Waals surface area contributed by atoms with Gasteiger partial charge in [-0.05, 0) is 12.8 Å². The van der Waals surface area contributed by atoms with Crippen LogP contribution in [0.1, 0.15) is 12.8 Å². The molecule has 5 N–H and O–H groups in total. The molecule has 1 aliphatic rings. The molecule has 11 heteroatoms. The molecule has 1 aromatic heterocycles. The predicted molar refractivity (Wildman–Crippen MR) is 76.7 cm³/mol. The molecular weight excluding hydrogens is 296 g/mol. The van der Waals surface area contributed by atoms with Gasteiger partial charge in [0.1, 0.15) is 6.54 Å². The standard InChI is InChI=1S/C11H16N6O5/c12-9-8(17(20)21)10(13-4-6-2-1-3-22-6)16-11(15-9)14-5-7(18)19/h6H,1-5H2,(H,18,19)(H4,12,13,14,15,16)/t6-/m0/s1. The molecule has 0 amide bonds. The second-order valence-electron chi connectivity index (χ2n) is 4.65. The fourth-order valence-electron chi connectivity index (χ4n) is 2.03. The molecule has 2 rings (SSSR count). The molecule has 120 valence electrons. The summed E-state index contributed by atoms with van der Waals surface area (Å²) in [6.07, 6.45) is 1.74. The fraction of sp³-hybridized carbons (Fsp3) is 0.545. The number of aliphatic carboxylic acids is 1. The van der Waals surface area contributed by atoms with Crippen LogP contribution in [0.3, 0.4) is 0 Å². The summed E-state index contributed by atoms with van der Waals surface area (Å²) in [7, 11) is 0. The molecule has 22 heavy (non-hydrogen) atoms. The molecule has 0 bridgehead atoms. The summed E-state index contributed by atoms with van der Waals surface area (Å²) in [6.45, 7) is 0.573. The predicted octanol–water partition coefficient (Wildman–Crippen LogP) is 0.0544. The summed E-state index contributed by atoms with van der Waals surface area (Å²) in [5, 5.41) is 24.9. The van der Waals surface area contributed by atoms with E-state index in [2.05, 4.69) is 20.6 Å². The van der Waals surface area contributed by atoms with Crippen LogP contribution in [0, 0.1) is 10.1 Å². The number of ether oxygens (including phenoxy) is 1. The van der Waals surface area contributed by atoms with E-state index >= 15 is 0 Å². The van der Waals surface area contributed by atoms with Crippen molar-refractivity contribution in [2.45, 2.75) is 18.9 Å². The zero-order chi connectivity index (χ0) is 16.1. The van der Waals surface area contributed by atoms with Gasteiger partial charge >= 0.3 is 11.7 Å². The van der Waals surface area contributed by atoms with Crippen molar-refractivity contribution in [3.05, 3.63) is 10.1 Å². The molecule has 1 aromatic rings. The lowest BCUT2D eigenvalue weighted by atomic mass is 10.2. The van der Waals surface area contributed by atoms with Crippen LogP contribution in [0.5, 0.6) is 0 Å². The van der Waals surface area contributed by atoms with Crippen LogP contribution in [-0.4, -0.2) is 51.8 Å². The lowest BCUT2D eigenvalue weighted by Crippen LogP contribution is -2.21. The number of nitrogens with zero attached hydrogens (tertiary/aromatic N) is 3. The average molecular weight is 312 g/mol. The van der Waals surface area contributed by atoms with Gasteiger partial charge in [0.15, 0.2) is 0 Å². The van der Waals surface area contributed by atoms with Gasteiger partial charge in [0, 0.05) is 13.2 Å². The number of nitrogen functional groups attached to an aromatic ring is 1. The fourth-order valence-corrected chi connectivity index (χ4v) is 2.03. The summed E-state index contributed by atoms with van der Waals surface area (Å²) >= 11 is 0. The molecule has 0 aliphatic carbocycles. The first-order valence-corrected chi connectivity index (χ1v) is 6.60. The molecule has 1 atom stereocenters. The average Bonchev–Trinajstić information content (AvgIpc) is 2.95. The molecule has 1 saturated heterocycles. The summed E-state index contributed by atoms with van der Waals surface area (Å²) < 4.78 is 5.41. The molecule has 2 heterocycles. The lowest BCUT2D eigenvalue weighted by molar-refractivity contribution is -0.383. The number of hydrogen-bond donors (Lipinski definition) is 4. The smallest absolute Gasteiger partial charge is 0.353 e. The van der Waals surface area contributed by atoms with E-state index in [-0.39, 0.29) is 23.7 Å². The van der Waals surface area contributed by atoms with Crippen molar-refractivity contribution >= 4 is 29.2 Å². The van der Waals surface area contributed by atoms with Gasteiger partial charge in [-0.2, -0.15) is 9.97 Å². The molecule has 0 spiro atoms. The Bertz CT molecular complexity index is 574. The molecule has 1 aliphatic heterocycles. The number of carboxylic acid groups (broad SMARTS) is 1. The van der Waals surface area contributed by atoms with Crippen LogP contribution in [0.25, 0.3) is 0 Å². The number of anilines is 3. The van der Waals surface area contributed by atoms with Gasteiger partial charge in [-0.25, -0.2) is 0 Å². The van der Waals surface area contributed by atoms with Gasteiger partial charge in [-0.3, -0.25) is 14.9 Å². The summed E-state index contributed by atoms with van der Waals surface area (Å²) in [5.41, 5.74) is 5.12. The monoisotopic (exact) mass is 312 g/mol. The van der Waals surface area contributed by atoms with Crippen molar-refractivity contribution in [3.8, 4) is 0 Å². The van der Waals surface area contributed by atoms with Crippen LogP contribution >= 0.6 is 0 Å². The number of carbonyl (C=O) groups is 1. The SMILES string of the molecule is Nc1nc(NCC(=O)O)nc(NC[C@@H]2CCCO2)c1[N+](=O)[O-]. The number of hydrogen-bond acceptors (Lipinski definition) is 9. The van der Waals surface area contributed by atoms with Gasteiger partial charge in [-0.1, -0.05) is 0 Å². The zero-order valence-corrected chi connectivity index (χ0v) is 11.6. The molecule has 0 saturated carbocycles. The van der Waals surface area contributed by atoms with Crippen molar-refractivity contribution < 1.29 is 19.6 Å². The molecule has 0 unspecified atom stereocenters. The number of nitro groups is 1. The Hall–Kier alpha value is -2.69. The Morgan fingerprint density at radius 1 is 1.50 bits per heavy atom. The number of nitrogens with two attached hydrogens (primary N) is 1. The summed E-state index contributed by atoms with van der Waals surface area (Å²) in [5.74, 6) is -1.63. The van der Waals surface area contributed by atoms with Crippen molar-refractivity contribution in [2.24, 2.45) is 0 Å². The first-order chi connectivity index (χ1) is 10.5. The highest BCUT2D eigenvalue weighted by atomic mass is 16.6.